The van der Waals surface area contributed by atoms with Gasteiger partial charge in [0, 0.05) is 5.92 Å². The van der Waals surface area contributed by atoms with Crippen LogP contribution in [0.5, 0.6) is 0 Å². The molecule has 0 aliphatic heterocycles. The minimum atomic E-state index is -0.878. The van der Waals surface area contributed by atoms with Crippen molar-refractivity contribution in [2.75, 3.05) is 6.61 Å². The van der Waals surface area contributed by atoms with E-state index < -0.39 is 6.29 Å². The number of hydrogen-bond donors (Lipinski definition) is 0. The molecule has 2 nitrogen and oxygen atoms in total. The molecule has 0 aliphatic rings. The Kier molecular flexibility index (Phi) is 15.0. The zero-order valence-electron chi connectivity index (χ0n) is 24.2. The van der Waals surface area contributed by atoms with E-state index in [1.54, 1.807) is 0 Å². The predicted octanol–water partition coefficient (Wildman–Crippen LogP) is 9.79. The van der Waals surface area contributed by atoms with Crippen LogP contribution in [0, 0.1) is 46.3 Å². The second kappa shape index (κ2) is 15.0. The first kappa shape index (κ1) is 31.9. The summed E-state index contributed by atoms with van der Waals surface area (Å²) in [5, 5.41) is 13.1. The Morgan fingerprint density at radius 3 is 1.66 bits per heavy atom. The number of rotatable bonds is 16. The molecule has 0 heterocycles. The molecule has 0 fully saturated rings. The quantitative estimate of drug-likeness (QED) is 0.214. The summed E-state index contributed by atoms with van der Waals surface area (Å²) in [5.41, 5.74) is 0.622. The third-order valence-electron chi connectivity index (χ3n) is 6.67. The molecule has 0 amide bonds. The monoisotopic (exact) mass is 453 g/mol. The molecule has 0 aliphatic carbocycles. The van der Waals surface area contributed by atoms with Gasteiger partial charge in [0.15, 0.2) is 6.29 Å². The van der Waals surface area contributed by atoms with E-state index in [1.165, 1.54) is 19.3 Å². The molecular weight excluding hydrogens is 392 g/mol. The highest BCUT2D eigenvalue weighted by atomic mass is 16.6. The molecule has 193 valence electrons. The Balaban J connectivity index is 4.65. The Bertz CT molecular complexity index is 456. The average molecular weight is 454 g/mol. The van der Waals surface area contributed by atoms with Crippen LogP contribution < -0.4 is 0 Å². The lowest BCUT2D eigenvalue weighted by atomic mass is 9.80. The summed E-state index contributed by atoms with van der Waals surface area (Å²) in [4.78, 5) is 0. The van der Waals surface area contributed by atoms with Crippen LogP contribution in [0.25, 0.3) is 0 Å². The lowest BCUT2D eigenvalue weighted by molar-refractivity contribution is -0.183. The van der Waals surface area contributed by atoms with Crippen LogP contribution in [0.3, 0.4) is 0 Å². The van der Waals surface area contributed by atoms with Crippen LogP contribution >= 0.6 is 0 Å². The SMILES string of the molecule is CC(C)CC(C)CC(C)CC(C)COC([O])C(CCC(C)CC(C)(C)C)CCC(C)(C)C. The molecule has 0 spiro atoms. The molecule has 0 N–H and O–H groups in total. The van der Waals surface area contributed by atoms with Gasteiger partial charge in [0.2, 0.25) is 0 Å². The average Bonchev–Trinajstić information content (AvgIpc) is 2.56. The highest BCUT2D eigenvalue weighted by Crippen LogP contribution is 2.32. The zero-order valence-corrected chi connectivity index (χ0v) is 24.2. The second-order valence-electron chi connectivity index (χ2n) is 14.4. The largest absolute Gasteiger partial charge is 0.349 e. The maximum Gasteiger partial charge on any atom is 0.194 e. The minimum Gasteiger partial charge on any atom is -0.349 e. The van der Waals surface area contributed by atoms with Gasteiger partial charge in [0.1, 0.15) is 0 Å². The molecule has 2 heteroatoms. The fourth-order valence-corrected chi connectivity index (χ4v) is 5.52. The summed E-state index contributed by atoms with van der Waals surface area (Å²) in [6.07, 6.45) is 8.29. The summed E-state index contributed by atoms with van der Waals surface area (Å²) >= 11 is 0. The maximum absolute atomic E-state index is 13.1. The van der Waals surface area contributed by atoms with Crippen LogP contribution in [0.2, 0.25) is 0 Å². The van der Waals surface area contributed by atoms with Crippen LogP contribution in [0.15, 0.2) is 0 Å². The van der Waals surface area contributed by atoms with Crippen molar-refractivity contribution in [2.45, 2.75) is 141 Å². The summed E-state index contributed by atoms with van der Waals surface area (Å²) in [6.45, 7) is 28.3. The van der Waals surface area contributed by atoms with Crippen molar-refractivity contribution in [3.8, 4) is 0 Å². The molecule has 1 radical (unpaired) electrons. The molecule has 0 aromatic heterocycles. The number of ether oxygens (including phenoxy) is 1. The Hall–Kier alpha value is -0.0800. The van der Waals surface area contributed by atoms with Crippen molar-refractivity contribution in [1.29, 1.82) is 0 Å². The van der Waals surface area contributed by atoms with E-state index in [-0.39, 0.29) is 11.3 Å². The van der Waals surface area contributed by atoms with Gasteiger partial charge in [0.05, 0.1) is 6.61 Å². The summed E-state index contributed by atoms with van der Waals surface area (Å²) in [5.74, 6) is 3.50. The van der Waals surface area contributed by atoms with E-state index in [0.29, 0.717) is 29.8 Å². The van der Waals surface area contributed by atoms with E-state index in [4.69, 9.17) is 4.74 Å². The summed E-state index contributed by atoms with van der Waals surface area (Å²) in [7, 11) is 0. The fraction of sp³-hybridized carbons (Fsp3) is 1.00. The second-order valence-corrected chi connectivity index (χ2v) is 14.4. The molecular formula is C30H61O2. The van der Waals surface area contributed by atoms with E-state index >= 15 is 0 Å². The van der Waals surface area contributed by atoms with Gasteiger partial charge in [0.25, 0.3) is 0 Å². The molecule has 0 aromatic rings. The Morgan fingerprint density at radius 2 is 1.16 bits per heavy atom. The van der Waals surface area contributed by atoms with Crippen LogP contribution in [0.1, 0.15) is 134 Å². The molecule has 0 saturated carbocycles. The van der Waals surface area contributed by atoms with Crippen LogP contribution in [-0.4, -0.2) is 12.9 Å². The highest BCUT2D eigenvalue weighted by Gasteiger charge is 2.26. The van der Waals surface area contributed by atoms with Gasteiger partial charge in [-0.3, -0.25) is 0 Å². The van der Waals surface area contributed by atoms with E-state index in [2.05, 4.69) is 83.1 Å². The van der Waals surface area contributed by atoms with Gasteiger partial charge >= 0.3 is 0 Å². The van der Waals surface area contributed by atoms with Gasteiger partial charge in [-0.1, -0.05) is 89.5 Å². The van der Waals surface area contributed by atoms with E-state index in [0.717, 1.165) is 43.9 Å². The Labute approximate surface area is 203 Å². The van der Waals surface area contributed by atoms with Gasteiger partial charge < -0.3 is 4.74 Å². The van der Waals surface area contributed by atoms with Crippen LogP contribution in [0.4, 0.5) is 0 Å². The van der Waals surface area contributed by atoms with Gasteiger partial charge in [-0.05, 0) is 85.4 Å². The first-order chi connectivity index (χ1) is 14.5. The first-order valence-electron chi connectivity index (χ1n) is 13.8. The molecule has 6 atom stereocenters. The molecule has 0 aromatic carbocycles. The van der Waals surface area contributed by atoms with Crippen molar-refractivity contribution in [3.05, 3.63) is 0 Å². The first-order valence-corrected chi connectivity index (χ1v) is 13.8. The topological polar surface area (TPSA) is 29.1 Å². The van der Waals surface area contributed by atoms with Crippen molar-refractivity contribution in [3.63, 3.8) is 0 Å². The van der Waals surface area contributed by atoms with Gasteiger partial charge in [-0.25, -0.2) is 5.11 Å². The Morgan fingerprint density at radius 1 is 0.625 bits per heavy atom. The van der Waals surface area contributed by atoms with E-state index in [1.807, 2.05) is 0 Å². The fourth-order valence-electron chi connectivity index (χ4n) is 5.52. The van der Waals surface area contributed by atoms with Crippen molar-refractivity contribution >= 4 is 0 Å². The highest BCUT2D eigenvalue weighted by molar-refractivity contribution is 4.73. The third kappa shape index (κ3) is 18.4. The van der Waals surface area contributed by atoms with Gasteiger partial charge in [-0.15, -0.1) is 0 Å². The molecule has 0 saturated heterocycles. The molecule has 0 bridgehead atoms. The molecule has 6 unspecified atom stereocenters. The predicted molar refractivity (Wildman–Crippen MR) is 141 cm³/mol. The van der Waals surface area contributed by atoms with E-state index in [9.17, 15) is 5.11 Å². The molecule has 0 rings (SSSR count). The maximum atomic E-state index is 13.1. The van der Waals surface area contributed by atoms with Gasteiger partial charge in [-0.2, -0.15) is 0 Å². The lowest BCUT2D eigenvalue weighted by Gasteiger charge is -2.29. The normalized spacial score (nSPS) is 18.9. The van der Waals surface area contributed by atoms with Crippen molar-refractivity contribution in [2.24, 2.45) is 46.3 Å². The van der Waals surface area contributed by atoms with Crippen LogP contribution in [-0.2, 0) is 9.84 Å². The zero-order chi connectivity index (χ0) is 25.1. The number of hydrogen-bond acceptors (Lipinski definition) is 1. The molecule has 32 heavy (non-hydrogen) atoms. The summed E-state index contributed by atoms with van der Waals surface area (Å²) < 4.78 is 5.98. The van der Waals surface area contributed by atoms with Crippen molar-refractivity contribution < 1.29 is 9.84 Å². The summed E-state index contributed by atoms with van der Waals surface area (Å²) in [6, 6.07) is 0. The third-order valence-corrected chi connectivity index (χ3v) is 6.67. The lowest BCUT2D eigenvalue weighted by Crippen LogP contribution is -2.27. The standard InChI is InChI=1S/C30H61O2/c1-22(2)17-24(4)18-25(5)19-26(6)21-32-28(31)27(15-16-29(7,8)9)14-13-23(3)20-30(10,11)12/h22-28H,13-21H2,1-12H3. The van der Waals surface area contributed by atoms with Crippen molar-refractivity contribution in [1.82, 2.24) is 0 Å². The minimum absolute atomic E-state index is 0.132. The smallest absolute Gasteiger partial charge is 0.194 e.